The van der Waals surface area contributed by atoms with Crippen LogP contribution in [-0.4, -0.2) is 33.0 Å². The monoisotopic (exact) mass is 207 g/mol. The van der Waals surface area contributed by atoms with Gasteiger partial charge in [0.1, 0.15) is 0 Å². The Balaban J connectivity index is 2.59. The first-order chi connectivity index (χ1) is 7.04. The van der Waals surface area contributed by atoms with Crippen LogP contribution in [0, 0.1) is 0 Å². The highest BCUT2D eigenvalue weighted by atomic mass is 16.1. The van der Waals surface area contributed by atoms with Crippen LogP contribution in [0.1, 0.15) is 26.8 Å². The van der Waals surface area contributed by atoms with Crippen molar-refractivity contribution in [3.63, 3.8) is 0 Å². The van der Waals surface area contributed by atoms with Crippen molar-refractivity contribution < 1.29 is 4.79 Å². The Morgan fingerprint density at radius 2 is 2.13 bits per heavy atom. The molecule has 1 aliphatic rings. The number of carbonyl (C=O) groups is 1. The molecule has 15 heavy (non-hydrogen) atoms. The number of hydrogen-bond acceptors (Lipinski definition) is 5. The molecule has 1 atom stereocenters. The lowest BCUT2D eigenvalue weighted by atomic mass is 10.0. The van der Waals surface area contributed by atoms with E-state index in [0.717, 1.165) is 11.3 Å². The van der Waals surface area contributed by atoms with Gasteiger partial charge in [-0.15, -0.1) is 0 Å². The van der Waals surface area contributed by atoms with E-state index in [0.29, 0.717) is 5.95 Å². The first kappa shape index (κ1) is 9.82. The molecule has 0 fully saturated rings. The minimum atomic E-state index is -0.0938. The van der Waals surface area contributed by atoms with E-state index in [4.69, 9.17) is 0 Å². The SMILES string of the molecule is CC(=O)C1=C(C)N(C)c2nnnn2[C@H]1C. The number of Topliss-reactive ketones (excluding diaryl/α,β-unsaturated/α-hetero) is 1. The Morgan fingerprint density at radius 1 is 1.47 bits per heavy atom. The number of carbonyl (C=O) groups excluding carboxylic acids is 1. The van der Waals surface area contributed by atoms with Crippen molar-refractivity contribution in [2.45, 2.75) is 26.8 Å². The summed E-state index contributed by atoms with van der Waals surface area (Å²) in [5.74, 6) is 0.734. The molecule has 0 saturated heterocycles. The summed E-state index contributed by atoms with van der Waals surface area (Å²) in [6.07, 6.45) is 0. The fraction of sp³-hybridized carbons (Fsp3) is 0.556. The molecule has 0 N–H and O–H groups in total. The van der Waals surface area contributed by atoms with Crippen molar-refractivity contribution in [2.75, 3.05) is 11.9 Å². The number of hydrogen-bond donors (Lipinski definition) is 0. The number of tetrazole rings is 1. The molecule has 2 rings (SSSR count). The first-order valence-electron chi connectivity index (χ1n) is 4.77. The maximum absolute atomic E-state index is 11.5. The third-order valence-electron chi connectivity index (χ3n) is 2.83. The van der Waals surface area contributed by atoms with Crippen LogP contribution in [-0.2, 0) is 4.79 Å². The van der Waals surface area contributed by atoms with Gasteiger partial charge in [-0.05, 0) is 31.2 Å². The molecule has 0 aliphatic carbocycles. The molecule has 0 aromatic carbocycles. The van der Waals surface area contributed by atoms with Gasteiger partial charge in [0.2, 0.25) is 5.95 Å². The van der Waals surface area contributed by atoms with Crippen molar-refractivity contribution in [2.24, 2.45) is 0 Å². The van der Waals surface area contributed by atoms with Gasteiger partial charge in [-0.2, -0.15) is 0 Å². The van der Waals surface area contributed by atoms with E-state index < -0.39 is 0 Å². The maximum atomic E-state index is 11.5. The molecule has 6 nitrogen and oxygen atoms in total. The Morgan fingerprint density at radius 3 is 2.73 bits per heavy atom. The molecule has 0 bridgehead atoms. The lowest BCUT2D eigenvalue weighted by Crippen LogP contribution is -2.31. The molecular weight excluding hydrogens is 194 g/mol. The Labute approximate surface area is 87.6 Å². The quantitative estimate of drug-likeness (QED) is 0.672. The average molecular weight is 207 g/mol. The average Bonchev–Trinajstić information content (AvgIpc) is 2.62. The fourth-order valence-electron chi connectivity index (χ4n) is 1.96. The smallest absolute Gasteiger partial charge is 0.250 e. The molecule has 2 heterocycles. The lowest BCUT2D eigenvalue weighted by molar-refractivity contribution is -0.114. The van der Waals surface area contributed by atoms with Gasteiger partial charge in [0, 0.05) is 18.3 Å². The van der Waals surface area contributed by atoms with Gasteiger partial charge < -0.3 is 4.90 Å². The van der Waals surface area contributed by atoms with Gasteiger partial charge in [0.25, 0.3) is 0 Å². The highest BCUT2D eigenvalue weighted by Crippen LogP contribution is 2.31. The predicted octanol–water partition coefficient (Wildman–Crippen LogP) is 0.547. The molecular formula is C9H13N5O. The van der Waals surface area contributed by atoms with E-state index in [9.17, 15) is 4.79 Å². The van der Waals surface area contributed by atoms with E-state index >= 15 is 0 Å². The van der Waals surface area contributed by atoms with Gasteiger partial charge in [0.05, 0.1) is 6.04 Å². The van der Waals surface area contributed by atoms with Crippen molar-refractivity contribution in [3.05, 3.63) is 11.3 Å². The molecule has 0 unspecified atom stereocenters. The van der Waals surface area contributed by atoms with E-state index in [1.54, 1.807) is 11.6 Å². The number of aromatic nitrogens is 4. The second-order valence-electron chi connectivity index (χ2n) is 3.71. The largest absolute Gasteiger partial charge is 0.316 e. The molecule has 1 aromatic rings. The van der Waals surface area contributed by atoms with Crippen molar-refractivity contribution in [3.8, 4) is 0 Å². The Hall–Kier alpha value is -1.72. The molecule has 0 spiro atoms. The zero-order valence-electron chi connectivity index (χ0n) is 9.22. The van der Waals surface area contributed by atoms with Crippen LogP contribution in [0.5, 0.6) is 0 Å². The summed E-state index contributed by atoms with van der Waals surface area (Å²) in [7, 11) is 1.85. The standard InChI is InChI=1S/C9H13N5O/c1-5-8(7(3)15)6(2)14-9(13(5)4)10-11-12-14/h6H,1-4H3/t6-/m0/s1. The highest BCUT2D eigenvalue weighted by Gasteiger charge is 2.30. The summed E-state index contributed by atoms with van der Waals surface area (Å²) >= 11 is 0. The van der Waals surface area contributed by atoms with Crippen molar-refractivity contribution >= 4 is 11.7 Å². The Bertz CT molecular complexity index is 447. The molecule has 1 aliphatic heterocycles. The summed E-state index contributed by atoms with van der Waals surface area (Å²) in [5.41, 5.74) is 1.68. The second-order valence-corrected chi connectivity index (χ2v) is 3.71. The number of anilines is 1. The number of rotatable bonds is 1. The zero-order chi connectivity index (χ0) is 11.2. The maximum Gasteiger partial charge on any atom is 0.250 e. The van der Waals surface area contributed by atoms with Crippen LogP contribution in [0.25, 0.3) is 0 Å². The summed E-state index contributed by atoms with van der Waals surface area (Å²) in [6, 6.07) is -0.0938. The lowest BCUT2D eigenvalue weighted by Gasteiger charge is -2.30. The molecule has 0 saturated carbocycles. The molecule has 0 radical (unpaired) electrons. The Kier molecular flexibility index (Phi) is 2.06. The van der Waals surface area contributed by atoms with E-state index in [1.807, 2.05) is 25.8 Å². The molecule has 6 heteroatoms. The third-order valence-corrected chi connectivity index (χ3v) is 2.83. The van der Waals surface area contributed by atoms with Gasteiger partial charge in [0.15, 0.2) is 5.78 Å². The highest BCUT2D eigenvalue weighted by molar-refractivity contribution is 5.95. The van der Waals surface area contributed by atoms with E-state index in [2.05, 4.69) is 15.5 Å². The number of fused-ring (bicyclic) bond motifs is 1. The predicted molar refractivity (Wildman–Crippen MR) is 54.3 cm³/mol. The molecule has 1 aromatic heterocycles. The zero-order valence-corrected chi connectivity index (χ0v) is 9.22. The van der Waals surface area contributed by atoms with Gasteiger partial charge in [-0.25, -0.2) is 4.68 Å². The summed E-state index contributed by atoms with van der Waals surface area (Å²) in [5, 5.41) is 11.4. The summed E-state index contributed by atoms with van der Waals surface area (Å²) in [6.45, 7) is 5.40. The van der Waals surface area contributed by atoms with Crippen molar-refractivity contribution in [1.82, 2.24) is 20.2 Å². The minimum absolute atomic E-state index is 0.0630. The third kappa shape index (κ3) is 1.25. The normalized spacial score (nSPS) is 20.5. The van der Waals surface area contributed by atoms with Gasteiger partial charge >= 0.3 is 0 Å². The minimum Gasteiger partial charge on any atom is -0.316 e. The van der Waals surface area contributed by atoms with Crippen LogP contribution in [0.15, 0.2) is 11.3 Å². The summed E-state index contributed by atoms with van der Waals surface area (Å²) in [4.78, 5) is 13.4. The number of allylic oxidation sites excluding steroid dienone is 2. The number of ketones is 1. The topological polar surface area (TPSA) is 63.9 Å². The van der Waals surface area contributed by atoms with Crippen LogP contribution in [0.3, 0.4) is 0 Å². The van der Waals surface area contributed by atoms with Crippen LogP contribution in [0.4, 0.5) is 5.95 Å². The van der Waals surface area contributed by atoms with Gasteiger partial charge in [-0.3, -0.25) is 4.79 Å². The fourth-order valence-corrected chi connectivity index (χ4v) is 1.96. The van der Waals surface area contributed by atoms with E-state index in [-0.39, 0.29) is 11.8 Å². The first-order valence-corrected chi connectivity index (χ1v) is 4.77. The number of nitrogens with zero attached hydrogens (tertiary/aromatic N) is 5. The van der Waals surface area contributed by atoms with Crippen LogP contribution >= 0.6 is 0 Å². The van der Waals surface area contributed by atoms with Crippen LogP contribution in [0.2, 0.25) is 0 Å². The van der Waals surface area contributed by atoms with Crippen LogP contribution < -0.4 is 4.90 Å². The molecule has 0 amide bonds. The second kappa shape index (κ2) is 3.15. The molecule has 80 valence electrons. The summed E-state index contributed by atoms with van der Waals surface area (Å²) < 4.78 is 1.66. The van der Waals surface area contributed by atoms with Gasteiger partial charge in [-0.1, -0.05) is 5.10 Å². The van der Waals surface area contributed by atoms with E-state index in [1.165, 1.54) is 0 Å². The van der Waals surface area contributed by atoms with Crippen molar-refractivity contribution in [1.29, 1.82) is 0 Å².